The van der Waals surface area contributed by atoms with Gasteiger partial charge in [-0.15, -0.1) is 11.3 Å². The number of aryl methyl sites for hydroxylation is 1. The van der Waals surface area contributed by atoms with E-state index in [1.54, 1.807) is 44.0 Å². The number of nitrogens with zero attached hydrogens (tertiary/aromatic N) is 2. The van der Waals surface area contributed by atoms with Gasteiger partial charge in [0.1, 0.15) is 5.01 Å². The van der Waals surface area contributed by atoms with E-state index in [-0.39, 0.29) is 12.3 Å². The Morgan fingerprint density at radius 1 is 1.19 bits per heavy atom. The van der Waals surface area contributed by atoms with Crippen molar-refractivity contribution in [2.45, 2.75) is 19.9 Å². The number of aromatic nitrogens is 2. The first-order chi connectivity index (χ1) is 13.1. The number of hydrogen-bond acceptors (Lipinski definition) is 6. The molecule has 3 aromatic rings. The van der Waals surface area contributed by atoms with E-state index >= 15 is 0 Å². The minimum atomic E-state index is -0.0575. The third kappa shape index (κ3) is 4.62. The summed E-state index contributed by atoms with van der Waals surface area (Å²) in [5, 5.41) is 3.87. The molecule has 0 aliphatic carbocycles. The maximum Gasteiger partial charge on any atom is 0.224 e. The molecule has 1 aromatic carbocycles. The van der Waals surface area contributed by atoms with Gasteiger partial charge >= 0.3 is 0 Å². The third-order valence-corrected chi connectivity index (χ3v) is 5.27. The van der Waals surface area contributed by atoms with E-state index in [1.165, 1.54) is 0 Å². The molecule has 27 heavy (non-hydrogen) atoms. The molecule has 3 rings (SSSR count). The van der Waals surface area contributed by atoms with Gasteiger partial charge in [0.15, 0.2) is 11.5 Å². The Kier molecular flexibility index (Phi) is 6.03. The molecule has 0 bridgehead atoms. The van der Waals surface area contributed by atoms with E-state index in [2.05, 4.69) is 15.3 Å². The van der Waals surface area contributed by atoms with Gasteiger partial charge < -0.3 is 14.8 Å². The molecule has 0 aliphatic heterocycles. The van der Waals surface area contributed by atoms with Crippen molar-refractivity contribution in [1.82, 2.24) is 15.3 Å². The Bertz CT molecular complexity index is 925. The van der Waals surface area contributed by atoms with Crippen LogP contribution in [0.15, 0.2) is 42.7 Å². The molecule has 0 radical (unpaired) electrons. The minimum Gasteiger partial charge on any atom is -0.493 e. The highest BCUT2D eigenvalue weighted by atomic mass is 32.1. The van der Waals surface area contributed by atoms with E-state index in [1.807, 2.05) is 31.2 Å². The highest BCUT2D eigenvalue weighted by molar-refractivity contribution is 7.15. The summed E-state index contributed by atoms with van der Waals surface area (Å²) in [7, 11) is 3.16. The highest BCUT2D eigenvalue weighted by Gasteiger charge is 2.12. The summed E-state index contributed by atoms with van der Waals surface area (Å²) in [6.45, 7) is 2.40. The average molecular weight is 383 g/mol. The molecule has 0 unspecified atom stereocenters. The first-order valence-electron chi connectivity index (χ1n) is 8.45. The standard InChI is InChI=1S/C20H21N3O3S/c1-13-18(27-20(23-13)15-5-4-8-21-11-15)12-22-19(24)10-14-6-7-16(25-2)17(9-14)26-3/h4-9,11H,10,12H2,1-3H3,(H,22,24). The SMILES string of the molecule is COc1ccc(CC(=O)NCc2sc(-c3cccnc3)nc2C)cc1OC. The largest absolute Gasteiger partial charge is 0.493 e. The van der Waals surface area contributed by atoms with E-state index < -0.39 is 0 Å². The van der Waals surface area contributed by atoms with Gasteiger partial charge in [-0.3, -0.25) is 9.78 Å². The fraction of sp³-hybridized carbons (Fsp3) is 0.250. The number of carbonyl (C=O) groups is 1. The Labute approximate surface area is 162 Å². The quantitative estimate of drug-likeness (QED) is 0.677. The topological polar surface area (TPSA) is 73.3 Å². The van der Waals surface area contributed by atoms with Crippen LogP contribution in [0.1, 0.15) is 16.1 Å². The lowest BCUT2D eigenvalue weighted by Gasteiger charge is -2.09. The molecule has 0 atom stereocenters. The summed E-state index contributed by atoms with van der Waals surface area (Å²) in [4.78, 5) is 22.1. The number of nitrogens with one attached hydrogen (secondary N) is 1. The molecule has 0 fully saturated rings. The number of amides is 1. The molecule has 0 saturated heterocycles. The number of methoxy groups -OCH3 is 2. The van der Waals surface area contributed by atoms with Crippen LogP contribution in [0, 0.1) is 6.92 Å². The molecule has 1 amide bonds. The Balaban J connectivity index is 1.62. The van der Waals surface area contributed by atoms with Crippen LogP contribution in [-0.2, 0) is 17.8 Å². The molecular formula is C20H21N3O3S. The number of pyridine rings is 1. The number of thiazole rings is 1. The summed E-state index contributed by atoms with van der Waals surface area (Å²) >= 11 is 1.57. The molecule has 0 saturated carbocycles. The van der Waals surface area contributed by atoms with Gasteiger partial charge in [-0.25, -0.2) is 4.98 Å². The van der Waals surface area contributed by atoms with Crippen LogP contribution in [-0.4, -0.2) is 30.1 Å². The molecule has 2 aromatic heterocycles. The van der Waals surface area contributed by atoms with Crippen LogP contribution in [0.3, 0.4) is 0 Å². The smallest absolute Gasteiger partial charge is 0.224 e. The summed E-state index contributed by atoms with van der Waals surface area (Å²) < 4.78 is 10.5. The summed E-state index contributed by atoms with van der Waals surface area (Å²) in [6.07, 6.45) is 3.80. The molecule has 2 heterocycles. The highest BCUT2D eigenvalue weighted by Crippen LogP contribution is 2.28. The van der Waals surface area contributed by atoms with Gasteiger partial charge in [0.2, 0.25) is 5.91 Å². The number of carbonyl (C=O) groups excluding carboxylic acids is 1. The Morgan fingerprint density at radius 2 is 2.00 bits per heavy atom. The van der Waals surface area contributed by atoms with E-state index in [9.17, 15) is 4.79 Å². The van der Waals surface area contributed by atoms with Crippen molar-refractivity contribution in [1.29, 1.82) is 0 Å². The summed E-state index contributed by atoms with van der Waals surface area (Å²) in [6, 6.07) is 9.34. The zero-order chi connectivity index (χ0) is 19.2. The van der Waals surface area contributed by atoms with Gasteiger partial charge in [-0.2, -0.15) is 0 Å². The lowest BCUT2D eigenvalue weighted by Crippen LogP contribution is -2.24. The Hall–Kier alpha value is -2.93. The predicted molar refractivity (Wildman–Crippen MR) is 105 cm³/mol. The van der Waals surface area contributed by atoms with Gasteiger partial charge in [-0.1, -0.05) is 6.07 Å². The van der Waals surface area contributed by atoms with Gasteiger partial charge in [0, 0.05) is 22.8 Å². The second-order valence-corrected chi connectivity index (χ2v) is 7.00. The first kappa shape index (κ1) is 18.8. The van der Waals surface area contributed by atoms with Gasteiger partial charge in [0.05, 0.1) is 32.9 Å². The van der Waals surface area contributed by atoms with Crippen molar-refractivity contribution in [2.75, 3.05) is 14.2 Å². The van der Waals surface area contributed by atoms with E-state index in [0.29, 0.717) is 18.0 Å². The number of hydrogen-bond donors (Lipinski definition) is 1. The van der Waals surface area contributed by atoms with E-state index in [4.69, 9.17) is 9.47 Å². The fourth-order valence-electron chi connectivity index (χ4n) is 2.62. The normalized spacial score (nSPS) is 10.5. The van der Waals surface area contributed by atoms with Crippen molar-refractivity contribution in [3.8, 4) is 22.1 Å². The zero-order valence-electron chi connectivity index (χ0n) is 15.5. The van der Waals surface area contributed by atoms with Crippen LogP contribution in [0.4, 0.5) is 0 Å². The summed E-state index contributed by atoms with van der Waals surface area (Å²) in [5.41, 5.74) is 2.76. The Morgan fingerprint density at radius 3 is 2.70 bits per heavy atom. The second-order valence-electron chi connectivity index (χ2n) is 5.91. The monoisotopic (exact) mass is 383 g/mol. The predicted octanol–water partition coefficient (Wildman–Crippen LogP) is 3.39. The van der Waals surface area contributed by atoms with Crippen molar-refractivity contribution in [2.24, 2.45) is 0 Å². The molecular weight excluding hydrogens is 362 g/mol. The van der Waals surface area contributed by atoms with Crippen molar-refractivity contribution in [3.05, 3.63) is 58.9 Å². The van der Waals surface area contributed by atoms with Crippen molar-refractivity contribution in [3.63, 3.8) is 0 Å². The minimum absolute atomic E-state index is 0.0575. The number of ether oxygens (including phenoxy) is 2. The molecule has 0 spiro atoms. The van der Waals surface area contributed by atoms with Crippen molar-refractivity contribution >= 4 is 17.2 Å². The number of benzene rings is 1. The third-order valence-electron chi connectivity index (χ3n) is 4.06. The number of rotatable bonds is 7. The zero-order valence-corrected chi connectivity index (χ0v) is 16.3. The second kappa shape index (κ2) is 8.64. The van der Waals surface area contributed by atoms with Crippen LogP contribution in [0.5, 0.6) is 11.5 Å². The maximum absolute atomic E-state index is 12.3. The molecule has 1 N–H and O–H groups in total. The van der Waals surface area contributed by atoms with Crippen LogP contribution < -0.4 is 14.8 Å². The molecule has 140 valence electrons. The lowest BCUT2D eigenvalue weighted by molar-refractivity contribution is -0.120. The molecule has 0 aliphatic rings. The van der Waals surface area contributed by atoms with Crippen molar-refractivity contribution < 1.29 is 14.3 Å². The fourth-order valence-corrected chi connectivity index (χ4v) is 3.61. The molecule has 6 nitrogen and oxygen atoms in total. The van der Waals surface area contributed by atoms with Crippen LogP contribution >= 0.6 is 11.3 Å². The van der Waals surface area contributed by atoms with E-state index in [0.717, 1.165) is 26.7 Å². The van der Waals surface area contributed by atoms with Gasteiger partial charge in [0.25, 0.3) is 0 Å². The lowest BCUT2D eigenvalue weighted by atomic mass is 10.1. The van der Waals surface area contributed by atoms with Crippen LogP contribution in [0.2, 0.25) is 0 Å². The molecule has 7 heteroatoms. The maximum atomic E-state index is 12.3. The average Bonchev–Trinajstić information content (AvgIpc) is 3.07. The van der Waals surface area contributed by atoms with Gasteiger partial charge in [-0.05, 0) is 36.8 Å². The van der Waals surface area contributed by atoms with Crippen LogP contribution in [0.25, 0.3) is 10.6 Å². The first-order valence-corrected chi connectivity index (χ1v) is 9.26. The summed E-state index contributed by atoms with van der Waals surface area (Å²) in [5.74, 6) is 1.20.